The van der Waals surface area contributed by atoms with Crippen LogP contribution in [-0.4, -0.2) is 20.3 Å². The van der Waals surface area contributed by atoms with Crippen LogP contribution in [0.5, 0.6) is 0 Å². The largest absolute Gasteiger partial charge is 0.384 e. The molecule has 1 rings (SSSR count). The van der Waals surface area contributed by atoms with Crippen molar-refractivity contribution in [2.75, 3.05) is 20.3 Å². The molecule has 16 heavy (non-hydrogen) atoms. The Bertz CT molecular complexity index is 234. The maximum absolute atomic E-state index is 5.55. The van der Waals surface area contributed by atoms with Crippen molar-refractivity contribution in [3.63, 3.8) is 0 Å². The van der Waals surface area contributed by atoms with E-state index in [0.717, 1.165) is 13.2 Å². The lowest BCUT2D eigenvalue weighted by Crippen LogP contribution is -2.11. The fraction of sp³-hybridized carbons (Fsp3) is 0.571. The Morgan fingerprint density at radius 3 is 2.25 bits per heavy atom. The number of hydrogen-bond donors (Lipinski definition) is 0. The summed E-state index contributed by atoms with van der Waals surface area (Å²) in [6.07, 6.45) is 0. The third-order valence-electron chi connectivity index (χ3n) is 1.97. The molecule has 1 aromatic rings. The minimum absolute atomic E-state index is 0.462. The van der Waals surface area contributed by atoms with Crippen LogP contribution in [0.1, 0.15) is 26.3 Å². The smallest absolute Gasteiger partial charge is 0.0717 e. The van der Waals surface area contributed by atoms with Crippen molar-refractivity contribution < 1.29 is 9.47 Å². The fourth-order valence-electron chi connectivity index (χ4n) is 1.28. The highest BCUT2D eigenvalue weighted by Crippen LogP contribution is 2.03. The van der Waals surface area contributed by atoms with Gasteiger partial charge in [-0.3, -0.25) is 0 Å². The van der Waals surface area contributed by atoms with E-state index < -0.39 is 0 Å². The van der Waals surface area contributed by atoms with E-state index in [2.05, 4.69) is 19.1 Å². The van der Waals surface area contributed by atoms with E-state index in [1.54, 1.807) is 7.11 Å². The molecule has 92 valence electrons. The third kappa shape index (κ3) is 7.43. The van der Waals surface area contributed by atoms with Gasteiger partial charge < -0.3 is 9.47 Å². The molecule has 0 aliphatic heterocycles. The highest BCUT2D eigenvalue weighted by molar-refractivity contribution is 5.13. The van der Waals surface area contributed by atoms with Crippen LogP contribution in [0, 0.1) is 5.92 Å². The van der Waals surface area contributed by atoms with Gasteiger partial charge in [-0.1, -0.05) is 51.1 Å². The topological polar surface area (TPSA) is 18.5 Å². The molecular formula is C14H24O2. The number of ether oxygens (including phenoxy) is 2. The number of benzene rings is 1. The highest BCUT2D eigenvalue weighted by atomic mass is 16.5. The number of rotatable bonds is 6. The average Bonchev–Trinajstić information content (AvgIpc) is 2.33. The molecule has 0 bridgehead atoms. The SMILES string of the molecule is CC.COCC(C)COCc1ccccc1. The van der Waals surface area contributed by atoms with Crippen molar-refractivity contribution in [3.05, 3.63) is 35.9 Å². The van der Waals surface area contributed by atoms with Crippen LogP contribution in [0.2, 0.25) is 0 Å². The van der Waals surface area contributed by atoms with Gasteiger partial charge in [0.15, 0.2) is 0 Å². The van der Waals surface area contributed by atoms with E-state index in [9.17, 15) is 0 Å². The Hall–Kier alpha value is -0.860. The van der Waals surface area contributed by atoms with E-state index in [1.165, 1.54) is 5.56 Å². The first-order valence-electron chi connectivity index (χ1n) is 5.93. The van der Waals surface area contributed by atoms with Crippen LogP contribution in [0.3, 0.4) is 0 Å². The van der Waals surface area contributed by atoms with Crippen LogP contribution in [-0.2, 0) is 16.1 Å². The quantitative estimate of drug-likeness (QED) is 0.736. The predicted octanol–water partition coefficient (Wildman–Crippen LogP) is 3.51. The Morgan fingerprint density at radius 1 is 1.06 bits per heavy atom. The molecule has 0 saturated carbocycles. The molecule has 0 radical (unpaired) electrons. The molecule has 0 heterocycles. The summed E-state index contributed by atoms with van der Waals surface area (Å²) in [6, 6.07) is 10.2. The van der Waals surface area contributed by atoms with Crippen LogP contribution in [0.25, 0.3) is 0 Å². The summed E-state index contributed by atoms with van der Waals surface area (Å²) in [5.74, 6) is 0.462. The third-order valence-corrected chi connectivity index (χ3v) is 1.97. The monoisotopic (exact) mass is 224 g/mol. The van der Waals surface area contributed by atoms with Crippen molar-refractivity contribution in [3.8, 4) is 0 Å². The molecule has 0 aliphatic rings. The van der Waals surface area contributed by atoms with Crippen molar-refractivity contribution in [2.24, 2.45) is 5.92 Å². The second kappa shape index (κ2) is 10.7. The molecule has 0 spiro atoms. The van der Waals surface area contributed by atoms with E-state index in [4.69, 9.17) is 9.47 Å². The predicted molar refractivity (Wildman–Crippen MR) is 68.5 cm³/mol. The Labute approximate surface area is 99.6 Å². The molecule has 1 atom stereocenters. The summed E-state index contributed by atoms with van der Waals surface area (Å²) in [4.78, 5) is 0. The molecule has 2 heteroatoms. The summed E-state index contributed by atoms with van der Waals surface area (Å²) in [6.45, 7) is 8.32. The summed E-state index contributed by atoms with van der Waals surface area (Å²) in [7, 11) is 1.72. The first-order valence-corrected chi connectivity index (χ1v) is 5.93. The van der Waals surface area contributed by atoms with Crippen LogP contribution >= 0.6 is 0 Å². The molecule has 0 amide bonds. The lowest BCUT2D eigenvalue weighted by Gasteiger charge is -2.10. The fourth-order valence-corrected chi connectivity index (χ4v) is 1.28. The van der Waals surface area contributed by atoms with Gasteiger partial charge in [-0.05, 0) is 5.56 Å². The minimum atomic E-state index is 0.462. The van der Waals surface area contributed by atoms with Gasteiger partial charge >= 0.3 is 0 Å². The zero-order valence-corrected chi connectivity index (χ0v) is 10.9. The van der Waals surface area contributed by atoms with E-state index in [0.29, 0.717) is 12.5 Å². The molecule has 1 unspecified atom stereocenters. The average molecular weight is 224 g/mol. The zero-order valence-electron chi connectivity index (χ0n) is 10.9. The van der Waals surface area contributed by atoms with Gasteiger partial charge in [0.25, 0.3) is 0 Å². The van der Waals surface area contributed by atoms with Crippen molar-refractivity contribution >= 4 is 0 Å². The Kier molecular flexibility index (Phi) is 10.1. The van der Waals surface area contributed by atoms with Crippen molar-refractivity contribution in [2.45, 2.75) is 27.4 Å². The van der Waals surface area contributed by atoms with E-state index in [-0.39, 0.29) is 0 Å². The summed E-state index contributed by atoms with van der Waals surface area (Å²) < 4.78 is 10.6. The normalized spacial score (nSPS) is 11.5. The number of methoxy groups -OCH3 is 1. The first-order chi connectivity index (χ1) is 7.83. The Balaban J connectivity index is 0.00000106. The lowest BCUT2D eigenvalue weighted by molar-refractivity contribution is 0.0561. The zero-order chi connectivity index (χ0) is 12.2. The molecule has 2 nitrogen and oxygen atoms in total. The second-order valence-corrected chi connectivity index (χ2v) is 3.56. The van der Waals surface area contributed by atoms with Crippen LogP contribution in [0.4, 0.5) is 0 Å². The van der Waals surface area contributed by atoms with Gasteiger partial charge in [-0.15, -0.1) is 0 Å². The molecule has 0 aliphatic carbocycles. The van der Waals surface area contributed by atoms with Crippen LogP contribution < -0.4 is 0 Å². The van der Waals surface area contributed by atoms with Gasteiger partial charge in [0, 0.05) is 13.0 Å². The van der Waals surface area contributed by atoms with Crippen LogP contribution in [0.15, 0.2) is 30.3 Å². The number of hydrogen-bond acceptors (Lipinski definition) is 2. The lowest BCUT2D eigenvalue weighted by atomic mass is 10.2. The summed E-state index contributed by atoms with van der Waals surface area (Å²) in [5, 5.41) is 0. The maximum atomic E-state index is 5.55. The van der Waals surface area contributed by atoms with Crippen molar-refractivity contribution in [1.29, 1.82) is 0 Å². The molecule has 0 aromatic heterocycles. The molecular weight excluding hydrogens is 200 g/mol. The molecule has 1 aromatic carbocycles. The summed E-state index contributed by atoms with van der Waals surface area (Å²) in [5.41, 5.74) is 1.22. The van der Waals surface area contributed by atoms with Gasteiger partial charge in [-0.25, -0.2) is 0 Å². The molecule has 0 N–H and O–H groups in total. The van der Waals surface area contributed by atoms with E-state index in [1.807, 2.05) is 32.0 Å². The Morgan fingerprint density at radius 2 is 1.69 bits per heavy atom. The van der Waals surface area contributed by atoms with E-state index >= 15 is 0 Å². The first kappa shape index (κ1) is 15.1. The van der Waals surface area contributed by atoms with Gasteiger partial charge in [-0.2, -0.15) is 0 Å². The van der Waals surface area contributed by atoms with Gasteiger partial charge in [0.2, 0.25) is 0 Å². The van der Waals surface area contributed by atoms with Gasteiger partial charge in [0.1, 0.15) is 0 Å². The summed E-state index contributed by atoms with van der Waals surface area (Å²) >= 11 is 0. The minimum Gasteiger partial charge on any atom is -0.384 e. The maximum Gasteiger partial charge on any atom is 0.0717 e. The molecule has 0 saturated heterocycles. The molecule has 0 fully saturated rings. The standard InChI is InChI=1S/C12H18O2.C2H6/c1-11(8-13-2)9-14-10-12-6-4-3-5-7-12;1-2/h3-7,11H,8-10H2,1-2H3;1-2H3. The van der Waals surface area contributed by atoms with Gasteiger partial charge in [0.05, 0.1) is 19.8 Å². The van der Waals surface area contributed by atoms with Crippen molar-refractivity contribution in [1.82, 2.24) is 0 Å². The second-order valence-electron chi connectivity index (χ2n) is 3.56. The highest BCUT2D eigenvalue weighted by Gasteiger charge is 2.00.